The molecule has 0 unspecified atom stereocenters. The van der Waals surface area contributed by atoms with E-state index in [9.17, 15) is 8.42 Å². The second-order valence-corrected chi connectivity index (χ2v) is 8.33. The Labute approximate surface area is 117 Å². The predicted molar refractivity (Wildman–Crippen MR) is 81.2 cm³/mol. The average molecular weight is 283 g/mol. The van der Waals surface area contributed by atoms with Crippen molar-refractivity contribution in [3.63, 3.8) is 0 Å². The number of hydrogen-bond donors (Lipinski definition) is 1. The summed E-state index contributed by atoms with van der Waals surface area (Å²) in [7, 11) is -2.86. The van der Waals surface area contributed by atoms with Gasteiger partial charge in [-0.15, -0.1) is 0 Å². The first-order valence-corrected chi connectivity index (χ1v) is 8.57. The van der Waals surface area contributed by atoms with Gasteiger partial charge in [0.2, 0.25) is 0 Å². The lowest BCUT2D eigenvalue weighted by molar-refractivity contribution is 0.588. The minimum atomic E-state index is -2.86. The molecule has 108 valence electrons. The van der Waals surface area contributed by atoms with Crippen LogP contribution in [0.25, 0.3) is 0 Å². The van der Waals surface area contributed by atoms with Crippen LogP contribution in [0.1, 0.15) is 38.8 Å². The maximum absolute atomic E-state index is 11.3. The van der Waals surface area contributed by atoms with E-state index in [2.05, 4.69) is 50.4 Å². The Kier molecular flexibility index (Phi) is 5.56. The number of benzene rings is 1. The fourth-order valence-electron chi connectivity index (χ4n) is 1.73. The Morgan fingerprint density at radius 1 is 1.11 bits per heavy atom. The van der Waals surface area contributed by atoms with Crippen LogP contribution in [-0.2, 0) is 21.8 Å². The van der Waals surface area contributed by atoms with E-state index in [0.29, 0.717) is 13.1 Å². The fraction of sp³-hybridized carbons (Fsp3) is 0.600. The first-order valence-electron chi connectivity index (χ1n) is 6.75. The van der Waals surface area contributed by atoms with Crippen molar-refractivity contribution >= 4 is 9.84 Å². The van der Waals surface area contributed by atoms with Gasteiger partial charge in [0.25, 0.3) is 0 Å². The molecule has 0 aliphatic rings. The molecule has 1 aromatic carbocycles. The summed E-state index contributed by atoms with van der Waals surface area (Å²) < 4.78 is 22.7. The van der Waals surface area contributed by atoms with Crippen LogP contribution < -0.4 is 5.32 Å². The Hall–Kier alpha value is -0.870. The molecule has 0 saturated carbocycles. The first-order chi connectivity index (χ1) is 8.74. The number of sulfone groups is 1. The van der Waals surface area contributed by atoms with Crippen molar-refractivity contribution in [2.75, 3.05) is 18.1 Å². The Balaban J connectivity index is 2.43. The topological polar surface area (TPSA) is 46.2 Å². The van der Waals surface area contributed by atoms with Crippen molar-refractivity contribution in [2.24, 2.45) is 0 Å². The first kappa shape index (κ1) is 16.2. The molecule has 4 heteroatoms. The maximum Gasteiger partial charge on any atom is 0.151 e. The molecule has 0 spiro atoms. The van der Waals surface area contributed by atoms with Crippen LogP contribution in [0.3, 0.4) is 0 Å². The van der Waals surface area contributed by atoms with Gasteiger partial charge in [0, 0.05) is 18.8 Å². The second-order valence-electron chi connectivity index (χ2n) is 5.86. The summed E-state index contributed by atoms with van der Waals surface area (Å²) in [5.74, 6) is 0.429. The summed E-state index contributed by atoms with van der Waals surface area (Å²) in [6.07, 6.45) is 0. The third-order valence-corrected chi connectivity index (χ3v) is 4.88. The molecular weight excluding hydrogens is 258 g/mol. The Morgan fingerprint density at radius 3 is 2.16 bits per heavy atom. The molecule has 0 heterocycles. The second kappa shape index (κ2) is 6.53. The van der Waals surface area contributed by atoms with E-state index in [1.807, 2.05) is 0 Å². The molecular formula is C15H25NO2S. The van der Waals surface area contributed by atoms with Crippen LogP contribution in [0, 0.1) is 0 Å². The van der Waals surface area contributed by atoms with Crippen LogP contribution in [-0.4, -0.2) is 26.5 Å². The maximum atomic E-state index is 11.3. The lowest BCUT2D eigenvalue weighted by atomic mass is 9.87. The summed E-state index contributed by atoms with van der Waals surface area (Å²) in [5, 5.41) is 3.17. The lowest BCUT2D eigenvalue weighted by Gasteiger charge is -2.19. The van der Waals surface area contributed by atoms with Crippen LogP contribution in [0.4, 0.5) is 0 Å². The highest BCUT2D eigenvalue weighted by Gasteiger charge is 2.12. The zero-order chi connectivity index (χ0) is 14.5. The van der Waals surface area contributed by atoms with Crippen molar-refractivity contribution in [3.05, 3.63) is 35.4 Å². The van der Waals surface area contributed by atoms with Crippen molar-refractivity contribution in [1.82, 2.24) is 5.32 Å². The van der Waals surface area contributed by atoms with E-state index in [1.165, 1.54) is 11.1 Å². The van der Waals surface area contributed by atoms with Crippen molar-refractivity contribution in [2.45, 2.75) is 39.7 Å². The van der Waals surface area contributed by atoms with Gasteiger partial charge in [-0.25, -0.2) is 8.42 Å². The molecule has 3 nitrogen and oxygen atoms in total. The fourth-order valence-corrected chi connectivity index (χ4v) is 2.47. The summed E-state index contributed by atoms with van der Waals surface area (Å²) in [5.41, 5.74) is 2.66. The van der Waals surface area contributed by atoms with Crippen molar-refractivity contribution in [3.8, 4) is 0 Å². The van der Waals surface area contributed by atoms with E-state index < -0.39 is 9.84 Å². The molecule has 0 amide bonds. The van der Waals surface area contributed by atoms with E-state index >= 15 is 0 Å². The third kappa shape index (κ3) is 5.74. The zero-order valence-electron chi connectivity index (χ0n) is 12.4. The molecule has 0 saturated heterocycles. The average Bonchev–Trinajstić information content (AvgIpc) is 2.34. The van der Waals surface area contributed by atoms with Gasteiger partial charge < -0.3 is 5.32 Å². The highest BCUT2D eigenvalue weighted by atomic mass is 32.2. The molecule has 0 aliphatic heterocycles. The van der Waals surface area contributed by atoms with Gasteiger partial charge in [-0.1, -0.05) is 52.0 Å². The van der Waals surface area contributed by atoms with Crippen molar-refractivity contribution < 1.29 is 8.42 Å². The van der Waals surface area contributed by atoms with Gasteiger partial charge in [0.15, 0.2) is 9.84 Å². The number of nitrogens with one attached hydrogen (secondary N) is 1. The SMILES string of the molecule is CCS(=O)(=O)CCNCc1ccc(C(C)(C)C)cc1. The summed E-state index contributed by atoms with van der Waals surface area (Å²) >= 11 is 0. The molecule has 0 aliphatic carbocycles. The predicted octanol–water partition coefficient (Wildman–Crippen LogP) is 2.51. The molecule has 0 aromatic heterocycles. The summed E-state index contributed by atoms with van der Waals surface area (Å²) in [4.78, 5) is 0. The third-order valence-electron chi connectivity index (χ3n) is 3.18. The summed E-state index contributed by atoms with van der Waals surface area (Å²) in [6, 6.07) is 8.48. The van der Waals surface area contributed by atoms with E-state index in [-0.39, 0.29) is 16.9 Å². The number of rotatable bonds is 6. The zero-order valence-corrected chi connectivity index (χ0v) is 13.2. The van der Waals surface area contributed by atoms with E-state index in [4.69, 9.17) is 0 Å². The molecule has 0 radical (unpaired) electrons. The Morgan fingerprint density at radius 2 is 1.68 bits per heavy atom. The minimum Gasteiger partial charge on any atom is -0.312 e. The van der Waals surface area contributed by atoms with Crippen LogP contribution in [0.2, 0.25) is 0 Å². The molecule has 1 aromatic rings. The van der Waals surface area contributed by atoms with E-state index in [1.54, 1.807) is 6.92 Å². The highest BCUT2D eigenvalue weighted by Crippen LogP contribution is 2.22. The van der Waals surface area contributed by atoms with Gasteiger partial charge in [-0.2, -0.15) is 0 Å². The van der Waals surface area contributed by atoms with Crippen LogP contribution in [0.5, 0.6) is 0 Å². The smallest absolute Gasteiger partial charge is 0.151 e. The van der Waals surface area contributed by atoms with Crippen LogP contribution >= 0.6 is 0 Å². The summed E-state index contributed by atoms with van der Waals surface area (Å²) in [6.45, 7) is 9.48. The molecule has 1 N–H and O–H groups in total. The standard InChI is InChI=1S/C15H25NO2S/c1-5-19(17,18)11-10-16-12-13-6-8-14(9-7-13)15(2,3)4/h6-9,16H,5,10-12H2,1-4H3. The van der Waals surface area contributed by atoms with Crippen molar-refractivity contribution in [1.29, 1.82) is 0 Å². The number of hydrogen-bond acceptors (Lipinski definition) is 3. The minimum absolute atomic E-state index is 0.168. The van der Waals surface area contributed by atoms with Gasteiger partial charge in [-0.3, -0.25) is 0 Å². The normalized spacial score (nSPS) is 12.6. The molecule has 19 heavy (non-hydrogen) atoms. The molecule has 1 rings (SSSR count). The Bertz CT molecular complexity index is 484. The van der Waals surface area contributed by atoms with Gasteiger partial charge in [0.05, 0.1) is 5.75 Å². The monoisotopic (exact) mass is 283 g/mol. The van der Waals surface area contributed by atoms with E-state index in [0.717, 1.165) is 0 Å². The van der Waals surface area contributed by atoms with Gasteiger partial charge in [-0.05, 0) is 16.5 Å². The van der Waals surface area contributed by atoms with Crippen LogP contribution in [0.15, 0.2) is 24.3 Å². The highest BCUT2D eigenvalue weighted by molar-refractivity contribution is 7.91. The quantitative estimate of drug-likeness (QED) is 0.816. The van der Waals surface area contributed by atoms with Gasteiger partial charge >= 0.3 is 0 Å². The van der Waals surface area contributed by atoms with Gasteiger partial charge in [0.1, 0.15) is 0 Å². The molecule has 0 bridgehead atoms. The molecule has 0 fully saturated rings. The lowest BCUT2D eigenvalue weighted by Crippen LogP contribution is -2.23. The molecule has 0 atom stereocenters. The largest absolute Gasteiger partial charge is 0.312 e.